The summed E-state index contributed by atoms with van der Waals surface area (Å²) in [5, 5.41) is 0.563. The molecule has 38 heavy (non-hydrogen) atoms. The van der Waals surface area contributed by atoms with Crippen LogP contribution in [0.4, 0.5) is 10.8 Å². The lowest BCUT2D eigenvalue weighted by atomic mass is 9.88. The predicted octanol–water partition coefficient (Wildman–Crippen LogP) is 6.32. The van der Waals surface area contributed by atoms with E-state index in [1.54, 1.807) is 12.3 Å². The lowest BCUT2D eigenvalue weighted by Crippen LogP contribution is -2.70. The lowest BCUT2D eigenvalue weighted by Gasteiger charge is -2.55. The monoisotopic (exact) mass is 532 g/mol. The third kappa shape index (κ3) is 4.76. The Morgan fingerprint density at radius 1 is 1.08 bits per heavy atom. The second-order valence-corrected chi connectivity index (χ2v) is 11.2. The first-order valence-corrected chi connectivity index (χ1v) is 13.1. The van der Waals surface area contributed by atoms with Crippen molar-refractivity contribution in [3.63, 3.8) is 0 Å². The quantitative estimate of drug-likeness (QED) is 0.297. The van der Waals surface area contributed by atoms with Crippen molar-refractivity contribution in [1.82, 2.24) is 14.9 Å². The average Bonchev–Trinajstić information content (AvgIpc) is 3.33. The molecule has 5 heterocycles. The van der Waals surface area contributed by atoms with Crippen LogP contribution in [0.2, 0.25) is 5.02 Å². The fourth-order valence-corrected chi connectivity index (χ4v) is 5.19. The number of rotatable bonds is 5. The molecular weight excluding hydrogens is 504 g/mol. The number of oxazole rings is 1. The van der Waals surface area contributed by atoms with E-state index >= 15 is 0 Å². The Balaban J connectivity index is 1.30. The Labute approximate surface area is 226 Å². The first kappa shape index (κ1) is 24.6. The van der Waals surface area contributed by atoms with Crippen molar-refractivity contribution in [2.24, 2.45) is 0 Å². The van der Waals surface area contributed by atoms with Crippen molar-refractivity contribution in [3.8, 4) is 17.0 Å². The Hall–Kier alpha value is -3.78. The molecule has 3 fully saturated rings. The summed E-state index contributed by atoms with van der Waals surface area (Å²) in [5.74, 6) is 0.633. The van der Waals surface area contributed by atoms with Gasteiger partial charge in [-0.2, -0.15) is 4.98 Å². The molecule has 2 bridgehead atoms. The predicted molar refractivity (Wildman–Crippen MR) is 146 cm³/mol. The third-order valence-electron chi connectivity index (χ3n) is 6.80. The number of hydrogen-bond acceptors (Lipinski definition) is 7. The van der Waals surface area contributed by atoms with E-state index in [0.717, 1.165) is 23.2 Å². The maximum Gasteiger partial charge on any atom is 0.410 e. The molecule has 0 aliphatic carbocycles. The maximum absolute atomic E-state index is 12.7. The molecule has 2 atom stereocenters. The molecule has 2 unspecified atom stereocenters. The number of pyridine rings is 1. The largest absolute Gasteiger partial charge is 0.486 e. The van der Waals surface area contributed by atoms with Gasteiger partial charge in [0.2, 0.25) is 0 Å². The van der Waals surface area contributed by atoms with Gasteiger partial charge in [-0.05, 0) is 57.0 Å². The van der Waals surface area contributed by atoms with Gasteiger partial charge in [-0.15, -0.1) is 0 Å². The number of hydrogen-bond donors (Lipinski definition) is 0. The Bertz CT molecular complexity index is 1450. The molecule has 3 saturated heterocycles. The third-order valence-corrected chi connectivity index (χ3v) is 7.03. The molecule has 8 nitrogen and oxygen atoms in total. The molecule has 7 rings (SSSR count). The van der Waals surface area contributed by atoms with Crippen molar-refractivity contribution in [1.29, 1.82) is 0 Å². The average molecular weight is 533 g/mol. The van der Waals surface area contributed by atoms with Crippen molar-refractivity contribution in [2.45, 2.75) is 51.5 Å². The number of nitrogens with zero attached hydrogens (tertiary/aromatic N) is 4. The van der Waals surface area contributed by atoms with E-state index in [4.69, 9.17) is 30.5 Å². The summed E-state index contributed by atoms with van der Waals surface area (Å²) in [6.45, 7) is 7.31. The summed E-state index contributed by atoms with van der Waals surface area (Å²) in [7, 11) is 0. The second kappa shape index (κ2) is 9.51. The van der Waals surface area contributed by atoms with Gasteiger partial charge in [0.15, 0.2) is 11.1 Å². The van der Waals surface area contributed by atoms with Crippen LogP contribution in [0.15, 0.2) is 65.2 Å². The second-order valence-electron chi connectivity index (χ2n) is 10.8. The zero-order chi connectivity index (χ0) is 26.4. The SMILES string of the molecule is CC(C)(C)OC(=O)N1C2CC1CN(c1nc3c(OCc4ccccc4)ccc(-c4ccc(Cl)cn4)c3o1)C2. The summed E-state index contributed by atoms with van der Waals surface area (Å²) in [6.07, 6.45) is 2.30. The molecule has 2 aromatic heterocycles. The van der Waals surface area contributed by atoms with E-state index in [-0.39, 0.29) is 18.2 Å². The number of carbonyl (C=O) groups is 1. The number of benzene rings is 2. The number of anilines is 1. The number of halogens is 1. The highest BCUT2D eigenvalue weighted by Gasteiger charge is 2.49. The van der Waals surface area contributed by atoms with Gasteiger partial charge in [0.1, 0.15) is 18.0 Å². The van der Waals surface area contributed by atoms with Gasteiger partial charge < -0.3 is 18.8 Å². The Kier molecular flexibility index (Phi) is 6.14. The van der Waals surface area contributed by atoms with Crippen LogP contribution in [-0.2, 0) is 11.3 Å². The van der Waals surface area contributed by atoms with Crippen molar-refractivity contribution in [2.75, 3.05) is 18.0 Å². The van der Waals surface area contributed by atoms with Gasteiger partial charge in [0.05, 0.1) is 22.8 Å². The molecule has 0 saturated carbocycles. The van der Waals surface area contributed by atoms with Crippen LogP contribution in [0.3, 0.4) is 0 Å². The molecule has 196 valence electrons. The molecule has 0 spiro atoms. The first-order chi connectivity index (χ1) is 18.2. The zero-order valence-corrected chi connectivity index (χ0v) is 22.3. The van der Waals surface area contributed by atoms with Crippen LogP contribution < -0.4 is 9.64 Å². The number of fused-ring (bicyclic) bond motifs is 3. The van der Waals surface area contributed by atoms with E-state index < -0.39 is 5.60 Å². The number of piperidine rings is 1. The molecular formula is C29H29ClN4O4. The van der Waals surface area contributed by atoms with Crippen LogP contribution in [0.1, 0.15) is 32.8 Å². The number of ether oxygens (including phenoxy) is 2. The number of amides is 1. The number of carbonyl (C=O) groups excluding carboxylic acids is 1. The normalized spacial score (nSPS) is 18.8. The molecule has 1 amide bonds. The van der Waals surface area contributed by atoms with E-state index in [1.807, 2.05) is 74.2 Å². The first-order valence-electron chi connectivity index (χ1n) is 12.7. The molecule has 3 aliphatic heterocycles. The van der Waals surface area contributed by atoms with Gasteiger partial charge in [0, 0.05) is 24.8 Å². The van der Waals surface area contributed by atoms with Gasteiger partial charge in [-0.3, -0.25) is 9.88 Å². The van der Waals surface area contributed by atoms with Crippen LogP contribution in [-0.4, -0.2) is 51.7 Å². The van der Waals surface area contributed by atoms with Gasteiger partial charge in [-0.1, -0.05) is 41.9 Å². The molecule has 9 heteroatoms. The van der Waals surface area contributed by atoms with Crippen LogP contribution >= 0.6 is 11.6 Å². The minimum absolute atomic E-state index is 0.0600. The Morgan fingerprint density at radius 2 is 1.84 bits per heavy atom. The van der Waals surface area contributed by atoms with Crippen molar-refractivity contribution in [3.05, 3.63) is 71.4 Å². The van der Waals surface area contributed by atoms with Crippen LogP contribution in [0.5, 0.6) is 5.75 Å². The van der Waals surface area contributed by atoms with Gasteiger partial charge in [-0.25, -0.2) is 4.79 Å². The summed E-state index contributed by atoms with van der Waals surface area (Å²) >= 11 is 6.07. The lowest BCUT2D eigenvalue weighted by molar-refractivity contribution is -0.0386. The highest BCUT2D eigenvalue weighted by Crippen LogP contribution is 2.40. The fourth-order valence-electron chi connectivity index (χ4n) is 5.07. The summed E-state index contributed by atoms with van der Waals surface area (Å²) < 4.78 is 18.2. The van der Waals surface area contributed by atoms with E-state index in [9.17, 15) is 4.79 Å². The fraction of sp³-hybridized carbons (Fsp3) is 0.345. The van der Waals surface area contributed by atoms with E-state index in [2.05, 4.69) is 9.88 Å². The standard InChI is InChI=1S/C29H29ClN4O4/c1-29(2,3)38-28(35)34-20-13-21(34)16-33(15-20)27-32-25-24(36-17-18-7-5-4-6-8-18)12-10-22(26(25)37-27)23-11-9-19(30)14-31-23/h4-12,14,20-21H,13,15-17H2,1-3H3. The maximum atomic E-state index is 12.7. The summed E-state index contributed by atoms with van der Waals surface area (Å²) in [4.78, 5) is 26.0. The van der Waals surface area contributed by atoms with Gasteiger partial charge >= 0.3 is 6.09 Å². The molecule has 2 aromatic carbocycles. The highest BCUT2D eigenvalue weighted by molar-refractivity contribution is 6.30. The molecule has 4 aromatic rings. The van der Waals surface area contributed by atoms with Crippen molar-refractivity contribution < 1.29 is 18.7 Å². The number of aromatic nitrogens is 2. The minimum atomic E-state index is -0.525. The highest BCUT2D eigenvalue weighted by atomic mass is 35.5. The van der Waals surface area contributed by atoms with E-state index in [1.165, 1.54) is 0 Å². The van der Waals surface area contributed by atoms with Gasteiger partial charge in [0.25, 0.3) is 6.01 Å². The zero-order valence-electron chi connectivity index (χ0n) is 21.6. The summed E-state index contributed by atoms with van der Waals surface area (Å²) in [6, 6.07) is 18.1. The number of piperazine rings is 1. The Morgan fingerprint density at radius 3 is 2.53 bits per heavy atom. The minimum Gasteiger partial charge on any atom is -0.486 e. The van der Waals surface area contributed by atoms with Crippen LogP contribution in [0, 0.1) is 0 Å². The van der Waals surface area contributed by atoms with Crippen molar-refractivity contribution >= 4 is 34.8 Å². The topological polar surface area (TPSA) is 80.9 Å². The molecule has 0 radical (unpaired) electrons. The smallest absolute Gasteiger partial charge is 0.410 e. The molecule has 3 aliphatic rings. The molecule has 0 N–H and O–H groups in total. The van der Waals surface area contributed by atoms with E-state index in [0.29, 0.717) is 47.6 Å². The summed E-state index contributed by atoms with van der Waals surface area (Å²) in [5.41, 5.74) is 3.31. The van der Waals surface area contributed by atoms with Crippen LogP contribution in [0.25, 0.3) is 22.4 Å².